The van der Waals surface area contributed by atoms with Crippen molar-refractivity contribution < 1.29 is 18.4 Å². The van der Waals surface area contributed by atoms with Gasteiger partial charge >= 0.3 is 0 Å². The lowest BCUT2D eigenvalue weighted by atomic mass is 10.2. The largest absolute Gasteiger partial charge is 0.459 e. The molecule has 150 valence electrons. The molecule has 7 nitrogen and oxygen atoms in total. The van der Waals surface area contributed by atoms with Crippen LogP contribution in [0.25, 0.3) is 0 Å². The SMILES string of the molecule is O=C(Cc1csc(NC(=O)c2ccco2)n1)Nc1ccc(N2CCCC2)c(F)c1. The first-order valence-electron chi connectivity index (χ1n) is 9.22. The van der Waals surface area contributed by atoms with Gasteiger partial charge in [0.05, 0.1) is 24.1 Å². The van der Waals surface area contributed by atoms with Crippen molar-refractivity contribution in [3.63, 3.8) is 0 Å². The van der Waals surface area contributed by atoms with Gasteiger partial charge in [0.15, 0.2) is 10.9 Å². The first-order chi connectivity index (χ1) is 14.1. The van der Waals surface area contributed by atoms with E-state index < -0.39 is 5.91 Å². The zero-order chi connectivity index (χ0) is 20.2. The van der Waals surface area contributed by atoms with Crippen LogP contribution in [0.3, 0.4) is 0 Å². The monoisotopic (exact) mass is 414 g/mol. The van der Waals surface area contributed by atoms with E-state index in [0.29, 0.717) is 22.2 Å². The van der Waals surface area contributed by atoms with Crippen LogP contribution in [0.1, 0.15) is 29.1 Å². The van der Waals surface area contributed by atoms with Crippen molar-refractivity contribution in [3.8, 4) is 0 Å². The molecule has 0 unspecified atom stereocenters. The van der Waals surface area contributed by atoms with Crippen molar-refractivity contribution in [2.45, 2.75) is 19.3 Å². The molecule has 0 saturated carbocycles. The number of amides is 2. The lowest BCUT2D eigenvalue weighted by Gasteiger charge is -2.18. The van der Waals surface area contributed by atoms with Crippen LogP contribution >= 0.6 is 11.3 Å². The molecular formula is C20H19FN4O3S. The van der Waals surface area contributed by atoms with Gasteiger partial charge in [0.2, 0.25) is 5.91 Å². The van der Waals surface area contributed by atoms with Gasteiger partial charge in [-0.15, -0.1) is 11.3 Å². The third-order valence-electron chi connectivity index (χ3n) is 4.54. The standard InChI is InChI=1S/C20H19FN4O3S/c21-15-10-13(5-6-16(15)25-7-1-2-8-25)22-18(26)11-14-12-29-20(23-14)24-19(27)17-4-3-9-28-17/h3-6,9-10,12H,1-2,7-8,11H2,(H,22,26)(H,23,24,27). The van der Waals surface area contributed by atoms with Gasteiger partial charge < -0.3 is 14.6 Å². The molecule has 29 heavy (non-hydrogen) atoms. The van der Waals surface area contributed by atoms with Gasteiger partial charge in [-0.3, -0.25) is 14.9 Å². The van der Waals surface area contributed by atoms with Gasteiger partial charge in [0, 0.05) is 24.2 Å². The van der Waals surface area contributed by atoms with Gasteiger partial charge in [-0.05, 0) is 43.2 Å². The molecule has 0 atom stereocenters. The summed E-state index contributed by atoms with van der Waals surface area (Å²) in [7, 11) is 0. The van der Waals surface area contributed by atoms with E-state index in [4.69, 9.17) is 4.42 Å². The lowest BCUT2D eigenvalue weighted by molar-refractivity contribution is -0.115. The summed E-state index contributed by atoms with van der Waals surface area (Å²) in [6.07, 6.45) is 3.56. The Morgan fingerprint density at radius 3 is 2.76 bits per heavy atom. The van der Waals surface area contributed by atoms with E-state index in [1.807, 2.05) is 4.90 Å². The van der Waals surface area contributed by atoms with Crippen molar-refractivity contribution >= 4 is 39.7 Å². The van der Waals surface area contributed by atoms with Crippen LogP contribution in [0.4, 0.5) is 20.9 Å². The molecule has 2 amide bonds. The summed E-state index contributed by atoms with van der Waals surface area (Å²) in [5, 5.41) is 7.36. The van der Waals surface area contributed by atoms with Crippen molar-refractivity contribution in [2.75, 3.05) is 28.6 Å². The van der Waals surface area contributed by atoms with E-state index >= 15 is 0 Å². The van der Waals surface area contributed by atoms with E-state index in [9.17, 15) is 14.0 Å². The number of thiazole rings is 1. The fourth-order valence-electron chi connectivity index (χ4n) is 3.18. The molecule has 1 aromatic carbocycles. The first kappa shape index (κ1) is 19.1. The number of carbonyl (C=O) groups is 2. The Kier molecular flexibility index (Phi) is 5.57. The average molecular weight is 414 g/mol. The molecule has 0 spiro atoms. The summed E-state index contributed by atoms with van der Waals surface area (Å²) in [4.78, 5) is 30.5. The molecule has 3 heterocycles. The Morgan fingerprint density at radius 2 is 2.03 bits per heavy atom. The molecule has 1 aliphatic rings. The maximum absolute atomic E-state index is 14.4. The quantitative estimate of drug-likeness (QED) is 0.639. The van der Waals surface area contributed by atoms with E-state index in [1.165, 1.54) is 23.7 Å². The summed E-state index contributed by atoms with van der Waals surface area (Å²) < 4.78 is 19.4. The Hall–Kier alpha value is -3.20. The molecule has 2 N–H and O–H groups in total. The molecule has 0 aliphatic carbocycles. The summed E-state index contributed by atoms with van der Waals surface area (Å²) >= 11 is 1.21. The minimum atomic E-state index is -0.408. The van der Waals surface area contributed by atoms with Crippen molar-refractivity contribution in [3.05, 3.63) is 59.2 Å². The molecule has 2 aromatic heterocycles. The number of hydrogen-bond acceptors (Lipinski definition) is 6. The van der Waals surface area contributed by atoms with Gasteiger partial charge in [-0.25, -0.2) is 9.37 Å². The number of hydrogen-bond donors (Lipinski definition) is 2. The van der Waals surface area contributed by atoms with Crippen molar-refractivity contribution in [1.82, 2.24) is 4.98 Å². The van der Waals surface area contributed by atoms with Crippen LogP contribution in [0.2, 0.25) is 0 Å². The average Bonchev–Trinajstić information content (AvgIpc) is 3.45. The molecule has 0 bridgehead atoms. The summed E-state index contributed by atoms with van der Waals surface area (Å²) in [5.74, 6) is -0.887. The Bertz CT molecular complexity index is 1010. The molecule has 1 saturated heterocycles. The lowest BCUT2D eigenvalue weighted by Crippen LogP contribution is -2.19. The minimum absolute atomic E-state index is 0.0165. The van der Waals surface area contributed by atoms with Crippen molar-refractivity contribution in [1.29, 1.82) is 0 Å². The molecule has 1 fully saturated rings. The zero-order valence-corrected chi connectivity index (χ0v) is 16.3. The number of nitrogens with one attached hydrogen (secondary N) is 2. The molecule has 1 aliphatic heterocycles. The second kappa shape index (κ2) is 8.44. The maximum Gasteiger partial charge on any atom is 0.293 e. The number of carbonyl (C=O) groups excluding carboxylic acids is 2. The number of anilines is 3. The highest BCUT2D eigenvalue weighted by atomic mass is 32.1. The van der Waals surface area contributed by atoms with Gasteiger partial charge in [-0.1, -0.05) is 0 Å². The number of benzene rings is 1. The fourth-order valence-corrected chi connectivity index (χ4v) is 3.89. The highest BCUT2D eigenvalue weighted by Gasteiger charge is 2.17. The normalized spacial score (nSPS) is 13.5. The molecule has 3 aromatic rings. The van der Waals surface area contributed by atoms with E-state index in [2.05, 4.69) is 15.6 Å². The maximum atomic E-state index is 14.4. The van der Waals surface area contributed by atoms with Crippen molar-refractivity contribution in [2.24, 2.45) is 0 Å². The second-order valence-corrected chi connectivity index (χ2v) is 7.52. The molecule has 0 radical (unpaired) electrons. The Morgan fingerprint density at radius 1 is 1.21 bits per heavy atom. The van der Waals surface area contributed by atoms with E-state index in [-0.39, 0.29) is 23.9 Å². The number of furan rings is 1. The van der Waals surface area contributed by atoms with Gasteiger partial charge in [0.1, 0.15) is 5.82 Å². The fraction of sp³-hybridized carbons (Fsp3) is 0.250. The van der Waals surface area contributed by atoms with Crippen LogP contribution < -0.4 is 15.5 Å². The number of halogens is 1. The highest BCUT2D eigenvalue weighted by Crippen LogP contribution is 2.26. The highest BCUT2D eigenvalue weighted by molar-refractivity contribution is 7.14. The molecule has 9 heteroatoms. The number of aromatic nitrogens is 1. The van der Waals surface area contributed by atoms with Gasteiger partial charge in [0.25, 0.3) is 5.91 Å². The zero-order valence-electron chi connectivity index (χ0n) is 15.5. The third kappa shape index (κ3) is 4.62. The molecule has 4 rings (SSSR count). The smallest absolute Gasteiger partial charge is 0.293 e. The second-order valence-electron chi connectivity index (χ2n) is 6.66. The Labute approximate surface area is 170 Å². The van der Waals surface area contributed by atoms with Crippen LogP contribution in [0, 0.1) is 5.82 Å². The predicted octanol–water partition coefficient (Wildman–Crippen LogP) is 3.91. The van der Waals surface area contributed by atoms with Crippen LogP contribution in [-0.2, 0) is 11.2 Å². The minimum Gasteiger partial charge on any atom is -0.459 e. The summed E-state index contributed by atoms with van der Waals surface area (Å²) in [5.41, 5.74) is 1.48. The van der Waals surface area contributed by atoms with E-state index in [1.54, 1.807) is 29.6 Å². The van der Waals surface area contributed by atoms with E-state index in [0.717, 1.165) is 25.9 Å². The number of rotatable bonds is 6. The topological polar surface area (TPSA) is 87.5 Å². The summed E-state index contributed by atoms with van der Waals surface area (Å²) in [6.45, 7) is 1.70. The van der Waals surface area contributed by atoms with Gasteiger partial charge in [-0.2, -0.15) is 0 Å². The summed E-state index contributed by atoms with van der Waals surface area (Å²) in [6, 6.07) is 7.89. The third-order valence-corrected chi connectivity index (χ3v) is 5.34. The Balaban J connectivity index is 1.33. The van der Waals surface area contributed by atoms with Crippen LogP contribution in [-0.4, -0.2) is 29.9 Å². The van der Waals surface area contributed by atoms with Crippen LogP contribution in [0.15, 0.2) is 46.4 Å². The predicted molar refractivity (Wildman–Crippen MR) is 109 cm³/mol. The number of nitrogens with zero attached hydrogens (tertiary/aromatic N) is 2. The van der Waals surface area contributed by atoms with Crippen LogP contribution in [0.5, 0.6) is 0 Å². The molecular weight excluding hydrogens is 395 g/mol. The first-order valence-corrected chi connectivity index (χ1v) is 10.1.